The molecule has 5 heteroatoms. The van der Waals surface area contributed by atoms with E-state index in [1.54, 1.807) is 0 Å². The Bertz CT molecular complexity index is 762. The van der Waals surface area contributed by atoms with Crippen molar-refractivity contribution in [2.45, 2.75) is 32.1 Å². The molecule has 0 atom stereocenters. The summed E-state index contributed by atoms with van der Waals surface area (Å²) >= 11 is 3.48. The summed E-state index contributed by atoms with van der Waals surface area (Å²) in [5.74, 6) is 0. The molecular weight excluding hydrogens is 362 g/mol. The van der Waals surface area contributed by atoms with Gasteiger partial charge in [0, 0.05) is 11.0 Å². The predicted molar refractivity (Wildman–Crippen MR) is 93.7 cm³/mol. The Hall–Kier alpha value is -1.17. The van der Waals surface area contributed by atoms with Gasteiger partial charge >= 0.3 is 0 Å². The molecule has 3 nitrogen and oxygen atoms in total. The van der Waals surface area contributed by atoms with E-state index >= 15 is 0 Å². The van der Waals surface area contributed by atoms with Crippen molar-refractivity contribution in [3.63, 3.8) is 0 Å². The van der Waals surface area contributed by atoms with Crippen LogP contribution in [0.5, 0.6) is 0 Å². The Balaban J connectivity index is 2.14. The molecule has 0 aliphatic rings. The molecule has 0 saturated heterocycles. The second kappa shape index (κ2) is 6.94. The Morgan fingerprint density at radius 2 is 1.64 bits per heavy atom. The average Bonchev–Trinajstić information content (AvgIpc) is 2.39. The van der Waals surface area contributed by atoms with Crippen LogP contribution in [0.1, 0.15) is 22.3 Å². The highest BCUT2D eigenvalue weighted by Gasteiger charge is 2.19. The summed E-state index contributed by atoms with van der Waals surface area (Å²) in [6.45, 7) is 6.01. The monoisotopic (exact) mass is 381 g/mol. The van der Waals surface area contributed by atoms with E-state index in [0.29, 0.717) is 17.9 Å². The Labute approximate surface area is 140 Å². The van der Waals surface area contributed by atoms with Crippen molar-refractivity contribution in [3.8, 4) is 0 Å². The fourth-order valence-corrected chi connectivity index (χ4v) is 4.65. The van der Waals surface area contributed by atoms with Gasteiger partial charge in [0.2, 0.25) is 10.0 Å². The zero-order valence-corrected chi connectivity index (χ0v) is 15.4. The van der Waals surface area contributed by atoms with Crippen LogP contribution < -0.4 is 4.72 Å². The summed E-state index contributed by atoms with van der Waals surface area (Å²) in [5, 5.41) is 0. The first-order valence-electron chi connectivity index (χ1n) is 7.12. The molecule has 0 unspecified atom stereocenters. The van der Waals surface area contributed by atoms with Crippen LogP contribution >= 0.6 is 15.9 Å². The Morgan fingerprint density at radius 3 is 2.23 bits per heavy atom. The number of aryl methyl sites for hydroxylation is 3. The molecule has 2 aromatic rings. The molecule has 118 valence electrons. The molecule has 22 heavy (non-hydrogen) atoms. The predicted octanol–water partition coefficient (Wildman–Crippen LogP) is 3.90. The molecule has 0 aromatic heterocycles. The maximum Gasteiger partial charge on any atom is 0.241 e. The minimum atomic E-state index is -3.49. The summed E-state index contributed by atoms with van der Waals surface area (Å²) in [4.78, 5) is 0.394. The Morgan fingerprint density at radius 1 is 1.05 bits per heavy atom. The number of benzene rings is 2. The van der Waals surface area contributed by atoms with Crippen LogP contribution in [0.15, 0.2) is 45.8 Å². The molecule has 0 saturated carbocycles. The van der Waals surface area contributed by atoms with Crippen LogP contribution in [0.4, 0.5) is 0 Å². The van der Waals surface area contributed by atoms with Gasteiger partial charge in [-0.15, -0.1) is 0 Å². The van der Waals surface area contributed by atoms with E-state index in [0.717, 1.165) is 26.7 Å². The lowest BCUT2D eigenvalue weighted by atomic mass is 10.1. The highest BCUT2D eigenvalue weighted by Crippen LogP contribution is 2.22. The third-order valence-electron chi connectivity index (χ3n) is 3.52. The smallest absolute Gasteiger partial charge is 0.211 e. The SMILES string of the molecule is Cc1cc(C)c(S(=O)(=O)NCCc2ccccc2Br)c(C)c1. The molecule has 2 aromatic carbocycles. The van der Waals surface area contributed by atoms with E-state index in [1.807, 2.05) is 57.2 Å². The van der Waals surface area contributed by atoms with Crippen LogP contribution in [0.25, 0.3) is 0 Å². The first-order valence-corrected chi connectivity index (χ1v) is 9.40. The van der Waals surface area contributed by atoms with Crippen molar-refractivity contribution in [2.24, 2.45) is 0 Å². The van der Waals surface area contributed by atoms with Crippen molar-refractivity contribution < 1.29 is 8.42 Å². The third-order valence-corrected chi connectivity index (χ3v) is 6.06. The second-order valence-electron chi connectivity index (χ2n) is 5.47. The van der Waals surface area contributed by atoms with Gasteiger partial charge in [-0.3, -0.25) is 0 Å². The molecule has 0 heterocycles. The third kappa shape index (κ3) is 3.97. The lowest BCUT2D eigenvalue weighted by Crippen LogP contribution is -2.27. The molecule has 2 rings (SSSR count). The van der Waals surface area contributed by atoms with E-state index in [2.05, 4.69) is 20.7 Å². The number of hydrogen-bond donors (Lipinski definition) is 1. The van der Waals surface area contributed by atoms with E-state index in [1.165, 1.54) is 0 Å². The molecule has 1 N–H and O–H groups in total. The van der Waals surface area contributed by atoms with Crippen LogP contribution in [0.3, 0.4) is 0 Å². The molecule has 0 amide bonds. The molecule has 0 radical (unpaired) electrons. The highest BCUT2D eigenvalue weighted by atomic mass is 79.9. The summed E-state index contributed by atoms with van der Waals surface area (Å²) in [5.41, 5.74) is 3.72. The first kappa shape index (κ1) is 17.2. The minimum Gasteiger partial charge on any atom is -0.211 e. The molecule has 0 aliphatic carbocycles. The lowest BCUT2D eigenvalue weighted by Gasteiger charge is -2.13. The van der Waals surface area contributed by atoms with Gasteiger partial charge in [0.05, 0.1) is 4.90 Å². The van der Waals surface area contributed by atoms with E-state index in [-0.39, 0.29) is 0 Å². The maximum atomic E-state index is 12.5. The van der Waals surface area contributed by atoms with Gasteiger partial charge in [-0.25, -0.2) is 13.1 Å². The lowest BCUT2D eigenvalue weighted by molar-refractivity contribution is 0.580. The molecule has 0 bridgehead atoms. The number of rotatable bonds is 5. The van der Waals surface area contributed by atoms with E-state index < -0.39 is 10.0 Å². The highest BCUT2D eigenvalue weighted by molar-refractivity contribution is 9.10. The number of nitrogens with one attached hydrogen (secondary N) is 1. The number of sulfonamides is 1. The quantitative estimate of drug-likeness (QED) is 0.853. The Kier molecular flexibility index (Phi) is 5.42. The summed E-state index contributed by atoms with van der Waals surface area (Å²) in [6, 6.07) is 11.6. The molecular formula is C17H20BrNO2S. The normalized spacial score (nSPS) is 11.6. The zero-order valence-electron chi connectivity index (χ0n) is 13.0. The van der Waals surface area contributed by atoms with Crippen molar-refractivity contribution in [3.05, 3.63) is 63.1 Å². The van der Waals surface area contributed by atoms with Gasteiger partial charge in [-0.2, -0.15) is 0 Å². The van der Waals surface area contributed by atoms with Crippen molar-refractivity contribution in [2.75, 3.05) is 6.54 Å². The molecule has 0 spiro atoms. The van der Waals surface area contributed by atoms with Crippen LogP contribution in [0, 0.1) is 20.8 Å². The van der Waals surface area contributed by atoms with Gasteiger partial charge in [-0.1, -0.05) is 51.8 Å². The van der Waals surface area contributed by atoms with Crippen molar-refractivity contribution in [1.82, 2.24) is 4.72 Å². The fraction of sp³-hybridized carbons (Fsp3) is 0.294. The van der Waals surface area contributed by atoms with Gasteiger partial charge in [0.1, 0.15) is 0 Å². The van der Waals surface area contributed by atoms with Crippen molar-refractivity contribution in [1.29, 1.82) is 0 Å². The van der Waals surface area contributed by atoms with Gasteiger partial charge < -0.3 is 0 Å². The second-order valence-corrected chi connectivity index (χ2v) is 8.03. The standard InChI is InChI=1S/C17H20BrNO2S/c1-12-10-13(2)17(14(3)11-12)22(20,21)19-9-8-15-6-4-5-7-16(15)18/h4-7,10-11,19H,8-9H2,1-3H3. The van der Waals surface area contributed by atoms with E-state index in [9.17, 15) is 8.42 Å². The number of hydrogen-bond acceptors (Lipinski definition) is 2. The summed E-state index contributed by atoms with van der Waals surface area (Å²) < 4.78 is 28.8. The largest absolute Gasteiger partial charge is 0.241 e. The minimum absolute atomic E-state index is 0.373. The van der Waals surface area contributed by atoms with Gasteiger partial charge in [-0.05, 0) is 49.9 Å². The van der Waals surface area contributed by atoms with E-state index in [4.69, 9.17) is 0 Å². The first-order chi connectivity index (χ1) is 10.3. The van der Waals surface area contributed by atoms with Gasteiger partial charge in [0.25, 0.3) is 0 Å². The molecule has 0 fully saturated rings. The van der Waals surface area contributed by atoms with Gasteiger partial charge in [0.15, 0.2) is 0 Å². The number of halogens is 1. The fourth-order valence-electron chi connectivity index (χ4n) is 2.68. The average molecular weight is 382 g/mol. The summed E-state index contributed by atoms with van der Waals surface area (Å²) in [7, 11) is -3.49. The summed E-state index contributed by atoms with van der Waals surface area (Å²) in [6.07, 6.45) is 0.643. The molecule has 0 aliphatic heterocycles. The topological polar surface area (TPSA) is 46.2 Å². The maximum absolute atomic E-state index is 12.5. The van der Waals surface area contributed by atoms with Crippen LogP contribution in [-0.4, -0.2) is 15.0 Å². The van der Waals surface area contributed by atoms with Crippen LogP contribution in [-0.2, 0) is 16.4 Å². The van der Waals surface area contributed by atoms with Crippen molar-refractivity contribution >= 4 is 26.0 Å². The van der Waals surface area contributed by atoms with Crippen LogP contribution in [0.2, 0.25) is 0 Å². The zero-order chi connectivity index (χ0) is 16.3.